The Morgan fingerprint density at radius 2 is 1.45 bits per heavy atom. The molecule has 0 fully saturated rings. The second kappa shape index (κ2) is 7.24. The molecule has 3 aromatic carbocycles. The van der Waals surface area contributed by atoms with Crippen molar-refractivity contribution >= 4 is 11.5 Å². The fourth-order valence-electron chi connectivity index (χ4n) is 3.48. The molecule has 0 radical (unpaired) electrons. The summed E-state index contributed by atoms with van der Waals surface area (Å²) in [5, 5.41) is 13.5. The Hall–Kier alpha value is -3.93. The molecule has 6 nitrogen and oxygen atoms in total. The third kappa shape index (κ3) is 3.14. The summed E-state index contributed by atoms with van der Waals surface area (Å²) < 4.78 is 5.32. The fraction of sp³-hybridized carbons (Fsp3) is 0.0870. The summed E-state index contributed by atoms with van der Waals surface area (Å²) in [6.45, 7) is 0.608. The van der Waals surface area contributed by atoms with Gasteiger partial charge in [0.15, 0.2) is 5.84 Å². The largest absolute Gasteiger partial charge is 0.497 e. The van der Waals surface area contributed by atoms with Crippen LogP contribution in [0.1, 0.15) is 11.3 Å². The molecule has 0 bridgehead atoms. The summed E-state index contributed by atoms with van der Waals surface area (Å²) in [6.07, 6.45) is 0. The highest BCUT2D eigenvalue weighted by molar-refractivity contribution is 6.10. The molecule has 1 aromatic heterocycles. The van der Waals surface area contributed by atoms with Gasteiger partial charge in [0.2, 0.25) is 0 Å². The first-order chi connectivity index (χ1) is 14.3. The molecule has 29 heavy (non-hydrogen) atoms. The van der Waals surface area contributed by atoms with E-state index in [9.17, 15) is 0 Å². The summed E-state index contributed by atoms with van der Waals surface area (Å²) in [4.78, 5) is 3.82. The maximum Gasteiger partial charge on any atom is 0.163 e. The van der Waals surface area contributed by atoms with Crippen LogP contribution in [-0.2, 0) is 6.54 Å². The molecule has 0 spiro atoms. The van der Waals surface area contributed by atoms with Crippen LogP contribution < -0.4 is 9.64 Å². The van der Waals surface area contributed by atoms with E-state index in [-0.39, 0.29) is 0 Å². The Morgan fingerprint density at radius 3 is 2.10 bits per heavy atom. The third-order valence-corrected chi connectivity index (χ3v) is 4.96. The van der Waals surface area contributed by atoms with Gasteiger partial charge in [-0.3, -0.25) is 0 Å². The predicted octanol–water partition coefficient (Wildman–Crippen LogP) is 4.18. The van der Waals surface area contributed by atoms with Gasteiger partial charge in [-0.2, -0.15) is 0 Å². The second-order valence-electron chi connectivity index (χ2n) is 6.71. The summed E-state index contributed by atoms with van der Waals surface area (Å²) >= 11 is 0. The number of nitrogens with zero attached hydrogens (tertiary/aromatic N) is 5. The highest BCUT2D eigenvalue weighted by Gasteiger charge is 2.27. The van der Waals surface area contributed by atoms with E-state index in [0.29, 0.717) is 6.54 Å². The average molecular weight is 381 g/mol. The highest BCUT2D eigenvalue weighted by atomic mass is 16.5. The molecule has 4 aromatic rings. The molecular formula is C23H19N5O. The molecule has 142 valence electrons. The number of methoxy groups -OCH3 is 1. The molecule has 5 rings (SSSR count). The molecule has 2 heterocycles. The van der Waals surface area contributed by atoms with Crippen molar-refractivity contribution in [2.24, 2.45) is 5.10 Å². The van der Waals surface area contributed by atoms with Gasteiger partial charge in [0.1, 0.15) is 17.1 Å². The quantitative estimate of drug-likeness (QED) is 0.532. The minimum atomic E-state index is 0.608. The number of hydrogen-bond donors (Lipinski definition) is 0. The van der Waals surface area contributed by atoms with Gasteiger partial charge in [-0.25, -0.2) is 0 Å². The number of anilines is 1. The molecule has 0 atom stereocenters. The molecule has 1 aliphatic rings. The van der Waals surface area contributed by atoms with Crippen LogP contribution >= 0.6 is 0 Å². The number of rotatable bonds is 4. The van der Waals surface area contributed by atoms with Gasteiger partial charge in [0.05, 0.1) is 13.7 Å². The molecule has 0 amide bonds. The maximum absolute atomic E-state index is 5.32. The SMILES string of the molecule is COc1ccc(N2Cc3c(-c4ccccc4)nnn3N=C2c2ccccc2)cc1. The summed E-state index contributed by atoms with van der Waals surface area (Å²) in [6, 6.07) is 28.2. The molecule has 0 N–H and O–H groups in total. The Bertz CT molecular complexity index is 1150. The van der Waals surface area contributed by atoms with E-state index in [0.717, 1.165) is 39.8 Å². The molecule has 0 saturated heterocycles. The fourth-order valence-corrected chi connectivity index (χ4v) is 3.48. The first kappa shape index (κ1) is 17.2. The lowest BCUT2D eigenvalue weighted by molar-refractivity contribution is 0.415. The normalized spacial score (nSPS) is 13.0. The van der Waals surface area contributed by atoms with Gasteiger partial charge >= 0.3 is 0 Å². The maximum atomic E-state index is 5.32. The highest BCUT2D eigenvalue weighted by Crippen LogP contribution is 2.30. The zero-order chi connectivity index (χ0) is 19.6. The average Bonchev–Trinajstić information content (AvgIpc) is 3.22. The minimum absolute atomic E-state index is 0.608. The monoisotopic (exact) mass is 381 g/mol. The van der Waals surface area contributed by atoms with Crippen LogP contribution in [0.15, 0.2) is 90.0 Å². The van der Waals surface area contributed by atoms with E-state index < -0.39 is 0 Å². The van der Waals surface area contributed by atoms with E-state index >= 15 is 0 Å². The zero-order valence-electron chi connectivity index (χ0n) is 15.9. The topological polar surface area (TPSA) is 55.5 Å². The Balaban J connectivity index is 1.64. The van der Waals surface area contributed by atoms with E-state index in [1.54, 1.807) is 11.9 Å². The van der Waals surface area contributed by atoms with Crippen LogP contribution in [0.4, 0.5) is 5.69 Å². The van der Waals surface area contributed by atoms with Crippen molar-refractivity contribution in [1.29, 1.82) is 0 Å². The Morgan fingerprint density at radius 1 is 0.793 bits per heavy atom. The first-order valence-electron chi connectivity index (χ1n) is 9.39. The van der Waals surface area contributed by atoms with E-state index in [1.807, 2.05) is 72.8 Å². The summed E-state index contributed by atoms with van der Waals surface area (Å²) in [5.41, 5.74) is 4.87. The third-order valence-electron chi connectivity index (χ3n) is 4.96. The number of aromatic nitrogens is 3. The van der Waals surface area contributed by atoms with Crippen LogP contribution in [0, 0.1) is 0 Å². The van der Waals surface area contributed by atoms with Crippen LogP contribution in [0.25, 0.3) is 11.3 Å². The molecule has 0 saturated carbocycles. The van der Waals surface area contributed by atoms with Gasteiger partial charge in [-0.15, -0.1) is 15.0 Å². The Kier molecular flexibility index (Phi) is 4.29. The van der Waals surface area contributed by atoms with Gasteiger partial charge in [0.25, 0.3) is 0 Å². The first-order valence-corrected chi connectivity index (χ1v) is 9.39. The number of fused-ring (bicyclic) bond motifs is 1. The number of amidine groups is 1. The van der Waals surface area contributed by atoms with E-state index in [4.69, 9.17) is 9.84 Å². The molecule has 6 heteroatoms. The smallest absolute Gasteiger partial charge is 0.163 e. The standard InChI is InChI=1S/C23H19N5O/c1-29-20-14-12-19(13-15-20)27-16-21-22(17-8-4-2-5-9-17)24-26-28(21)25-23(27)18-10-6-3-7-11-18/h2-15H,16H2,1H3. The van der Waals surface area contributed by atoms with E-state index in [2.05, 4.69) is 27.3 Å². The van der Waals surface area contributed by atoms with Crippen molar-refractivity contribution in [3.8, 4) is 17.0 Å². The van der Waals surface area contributed by atoms with E-state index in [1.165, 1.54) is 0 Å². The second-order valence-corrected chi connectivity index (χ2v) is 6.71. The van der Waals surface area contributed by atoms with Gasteiger partial charge in [-0.1, -0.05) is 60.7 Å². The van der Waals surface area contributed by atoms with Crippen LogP contribution in [0.3, 0.4) is 0 Å². The lowest BCUT2D eigenvalue weighted by Crippen LogP contribution is -2.36. The number of ether oxygens (including phenoxy) is 1. The predicted molar refractivity (Wildman–Crippen MR) is 113 cm³/mol. The van der Waals surface area contributed by atoms with Crippen molar-refractivity contribution in [3.63, 3.8) is 0 Å². The number of hydrogen-bond acceptors (Lipinski definition) is 5. The van der Waals surface area contributed by atoms with Crippen LogP contribution in [-0.4, -0.2) is 28.0 Å². The molecule has 0 unspecified atom stereocenters. The van der Waals surface area contributed by atoms with Crippen molar-refractivity contribution in [1.82, 2.24) is 15.1 Å². The summed E-state index contributed by atoms with van der Waals surface area (Å²) in [7, 11) is 1.67. The Labute approximate surface area is 168 Å². The number of benzene rings is 3. The van der Waals surface area contributed by atoms with Gasteiger partial charge in [0, 0.05) is 16.8 Å². The molecular weight excluding hydrogens is 362 g/mol. The lowest BCUT2D eigenvalue weighted by Gasteiger charge is -2.29. The molecule has 0 aliphatic carbocycles. The van der Waals surface area contributed by atoms with Gasteiger partial charge in [-0.05, 0) is 29.5 Å². The van der Waals surface area contributed by atoms with Crippen molar-refractivity contribution < 1.29 is 4.74 Å². The van der Waals surface area contributed by atoms with Crippen molar-refractivity contribution in [2.75, 3.05) is 12.0 Å². The lowest BCUT2D eigenvalue weighted by atomic mass is 10.1. The van der Waals surface area contributed by atoms with Crippen molar-refractivity contribution in [3.05, 3.63) is 96.2 Å². The zero-order valence-corrected chi connectivity index (χ0v) is 15.9. The van der Waals surface area contributed by atoms with Crippen LogP contribution in [0.5, 0.6) is 5.75 Å². The molecule has 1 aliphatic heterocycles. The minimum Gasteiger partial charge on any atom is -0.497 e. The van der Waals surface area contributed by atoms with Crippen LogP contribution in [0.2, 0.25) is 0 Å². The van der Waals surface area contributed by atoms with Gasteiger partial charge < -0.3 is 9.64 Å². The summed E-state index contributed by atoms with van der Waals surface area (Å²) in [5.74, 6) is 1.65. The van der Waals surface area contributed by atoms with Crippen molar-refractivity contribution in [2.45, 2.75) is 6.54 Å².